The average molecular weight is 237 g/mol. The van der Waals surface area contributed by atoms with Gasteiger partial charge in [-0.25, -0.2) is 0 Å². The molecule has 1 aliphatic rings. The monoisotopic (exact) mass is 237 g/mol. The van der Waals surface area contributed by atoms with Crippen molar-refractivity contribution in [1.82, 2.24) is 10.2 Å². The molecule has 17 heavy (non-hydrogen) atoms. The lowest BCUT2D eigenvalue weighted by Crippen LogP contribution is -2.51. The van der Waals surface area contributed by atoms with Crippen LogP contribution in [0.15, 0.2) is 0 Å². The summed E-state index contributed by atoms with van der Waals surface area (Å²) in [5.41, 5.74) is -0.403. The first-order valence-corrected chi connectivity index (χ1v) is 6.79. The fourth-order valence-electron chi connectivity index (χ4n) is 2.90. The van der Waals surface area contributed by atoms with Crippen molar-refractivity contribution in [1.29, 1.82) is 5.26 Å². The first-order chi connectivity index (χ1) is 7.93. The Morgan fingerprint density at radius 3 is 2.71 bits per heavy atom. The molecule has 0 spiro atoms. The number of nitriles is 1. The van der Waals surface area contributed by atoms with Crippen LogP contribution in [-0.2, 0) is 0 Å². The standard InChI is InChI=1S/C14H27N3/c1-11-7-6-8-17(13(11)3)12(2)9-14(4,10-15)16-5/h11-13,16H,6-9H2,1-5H3. The van der Waals surface area contributed by atoms with E-state index in [0.29, 0.717) is 12.1 Å². The molecule has 0 aromatic heterocycles. The number of piperidine rings is 1. The van der Waals surface area contributed by atoms with E-state index < -0.39 is 5.54 Å². The molecule has 0 aromatic rings. The van der Waals surface area contributed by atoms with Crippen molar-refractivity contribution < 1.29 is 0 Å². The van der Waals surface area contributed by atoms with Crippen LogP contribution < -0.4 is 5.32 Å². The second kappa shape index (κ2) is 5.84. The molecule has 0 aromatic carbocycles. The van der Waals surface area contributed by atoms with Crippen molar-refractivity contribution in [2.75, 3.05) is 13.6 Å². The largest absolute Gasteiger partial charge is 0.303 e. The van der Waals surface area contributed by atoms with Gasteiger partial charge in [0.05, 0.1) is 6.07 Å². The molecule has 0 bridgehead atoms. The molecule has 1 rings (SSSR count). The van der Waals surface area contributed by atoms with Gasteiger partial charge in [-0.15, -0.1) is 0 Å². The number of hydrogen-bond acceptors (Lipinski definition) is 3. The highest BCUT2D eigenvalue weighted by Crippen LogP contribution is 2.27. The Bertz CT molecular complexity index is 284. The van der Waals surface area contributed by atoms with Crippen LogP contribution in [0, 0.1) is 17.2 Å². The SMILES string of the molecule is CNC(C)(C#N)CC(C)N1CCCC(C)C1C. The van der Waals surface area contributed by atoms with Gasteiger partial charge in [0.1, 0.15) is 5.54 Å². The van der Waals surface area contributed by atoms with Gasteiger partial charge in [0.2, 0.25) is 0 Å². The van der Waals surface area contributed by atoms with E-state index in [1.54, 1.807) is 0 Å². The smallest absolute Gasteiger partial charge is 0.105 e. The summed E-state index contributed by atoms with van der Waals surface area (Å²) in [7, 11) is 1.87. The van der Waals surface area contributed by atoms with Crippen LogP contribution in [0.4, 0.5) is 0 Å². The maximum atomic E-state index is 9.22. The summed E-state index contributed by atoms with van der Waals surface area (Å²) in [5, 5.41) is 12.4. The molecule has 0 amide bonds. The number of nitrogens with one attached hydrogen (secondary N) is 1. The van der Waals surface area contributed by atoms with Crippen molar-refractivity contribution in [3.05, 3.63) is 0 Å². The minimum atomic E-state index is -0.403. The predicted molar refractivity (Wildman–Crippen MR) is 71.7 cm³/mol. The van der Waals surface area contributed by atoms with Crippen molar-refractivity contribution >= 4 is 0 Å². The van der Waals surface area contributed by atoms with E-state index in [9.17, 15) is 5.26 Å². The second-order valence-corrected chi connectivity index (χ2v) is 5.84. The molecule has 3 heteroatoms. The van der Waals surface area contributed by atoms with Crippen molar-refractivity contribution in [3.8, 4) is 6.07 Å². The fourth-order valence-corrected chi connectivity index (χ4v) is 2.90. The lowest BCUT2D eigenvalue weighted by Gasteiger charge is -2.43. The molecule has 4 atom stereocenters. The highest BCUT2D eigenvalue weighted by molar-refractivity contribution is 5.05. The summed E-state index contributed by atoms with van der Waals surface area (Å²) in [6.07, 6.45) is 3.52. The highest BCUT2D eigenvalue weighted by atomic mass is 15.2. The van der Waals surface area contributed by atoms with E-state index in [-0.39, 0.29) is 0 Å². The van der Waals surface area contributed by atoms with Crippen LogP contribution in [-0.4, -0.2) is 36.1 Å². The molecule has 4 unspecified atom stereocenters. The van der Waals surface area contributed by atoms with Crippen LogP contribution in [0.5, 0.6) is 0 Å². The Labute approximate surface area is 106 Å². The van der Waals surface area contributed by atoms with E-state index >= 15 is 0 Å². The summed E-state index contributed by atoms with van der Waals surface area (Å²) < 4.78 is 0. The maximum absolute atomic E-state index is 9.22. The van der Waals surface area contributed by atoms with Crippen LogP contribution in [0.25, 0.3) is 0 Å². The number of likely N-dealkylation sites (tertiary alicyclic amines) is 1. The topological polar surface area (TPSA) is 39.1 Å². The van der Waals surface area contributed by atoms with Crippen molar-refractivity contribution in [3.63, 3.8) is 0 Å². The first kappa shape index (κ1) is 14.5. The van der Waals surface area contributed by atoms with E-state index in [0.717, 1.165) is 12.3 Å². The van der Waals surface area contributed by atoms with Crippen LogP contribution in [0.2, 0.25) is 0 Å². The molecule has 1 N–H and O–H groups in total. The summed E-state index contributed by atoms with van der Waals surface area (Å²) in [6, 6.07) is 3.49. The van der Waals surface area contributed by atoms with Gasteiger partial charge in [-0.05, 0) is 59.5 Å². The minimum Gasteiger partial charge on any atom is -0.303 e. The number of hydrogen-bond donors (Lipinski definition) is 1. The Morgan fingerprint density at radius 2 is 2.18 bits per heavy atom. The zero-order valence-corrected chi connectivity index (χ0v) is 12.0. The van der Waals surface area contributed by atoms with Gasteiger partial charge in [-0.2, -0.15) is 5.26 Å². The number of rotatable bonds is 4. The molecule has 0 radical (unpaired) electrons. The van der Waals surface area contributed by atoms with Crippen LogP contribution >= 0.6 is 0 Å². The van der Waals surface area contributed by atoms with Gasteiger partial charge in [-0.3, -0.25) is 4.90 Å². The third-order valence-electron chi connectivity index (χ3n) is 4.49. The summed E-state index contributed by atoms with van der Waals surface area (Å²) in [4.78, 5) is 2.57. The Balaban J connectivity index is 2.63. The lowest BCUT2D eigenvalue weighted by atomic mass is 9.88. The zero-order chi connectivity index (χ0) is 13.1. The normalized spacial score (nSPS) is 31.5. The molecule has 98 valence electrons. The molecule has 0 saturated carbocycles. The van der Waals surface area contributed by atoms with Gasteiger partial charge in [0, 0.05) is 12.1 Å². The molecular formula is C14H27N3. The average Bonchev–Trinajstić information content (AvgIpc) is 2.32. The molecular weight excluding hydrogens is 210 g/mol. The van der Waals surface area contributed by atoms with Crippen molar-refractivity contribution in [2.45, 2.75) is 64.6 Å². The Morgan fingerprint density at radius 1 is 1.53 bits per heavy atom. The molecule has 1 heterocycles. The van der Waals surface area contributed by atoms with E-state index in [1.165, 1.54) is 19.4 Å². The predicted octanol–water partition coefficient (Wildman–Crippen LogP) is 2.39. The first-order valence-electron chi connectivity index (χ1n) is 6.79. The zero-order valence-electron chi connectivity index (χ0n) is 12.0. The molecule has 1 aliphatic heterocycles. The quantitative estimate of drug-likeness (QED) is 0.816. The highest BCUT2D eigenvalue weighted by Gasteiger charge is 2.32. The lowest BCUT2D eigenvalue weighted by molar-refractivity contribution is 0.0639. The van der Waals surface area contributed by atoms with Crippen molar-refractivity contribution in [2.24, 2.45) is 5.92 Å². The molecule has 1 saturated heterocycles. The molecule has 3 nitrogen and oxygen atoms in total. The van der Waals surface area contributed by atoms with Crippen LogP contribution in [0.3, 0.4) is 0 Å². The summed E-state index contributed by atoms with van der Waals surface area (Å²) in [5.74, 6) is 0.772. The maximum Gasteiger partial charge on any atom is 0.105 e. The van der Waals surface area contributed by atoms with E-state index in [4.69, 9.17) is 0 Å². The summed E-state index contributed by atoms with van der Waals surface area (Å²) >= 11 is 0. The van der Waals surface area contributed by atoms with Gasteiger partial charge in [0.25, 0.3) is 0 Å². The minimum absolute atomic E-state index is 0.403. The summed E-state index contributed by atoms with van der Waals surface area (Å²) in [6.45, 7) is 10.1. The number of nitrogens with zero attached hydrogens (tertiary/aromatic N) is 2. The van der Waals surface area contributed by atoms with Gasteiger partial charge < -0.3 is 5.32 Å². The third kappa shape index (κ3) is 3.43. The molecule has 1 fully saturated rings. The van der Waals surface area contributed by atoms with Gasteiger partial charge in [-0.1, -0.05) is 6.92 Å². The molecule has 0 aliphatic carbocycles. The van der Waals surface area contributed by atoms with E-state index in [1.807, 2.05) is 14.0 Å². The van der Waals surface area contributed by atoms with Gasteiger partial charge >= 0.3 is 0 Å². The van der Waals surface area contributed by atoms with E-state index in [2.05, 4.69) is 37.1 Å². The fraction of sp³-hybridized carbons (Fsp3) is 0.929. The Hall–Kier alpha value is -0.590. The second-order valence-electron chi connectivity index (χ2n) is 5.84. The van der Waals surface area contributed by atoms with Gasteiger partial charge in [0.15, 0.2) is 0 Å². The third-order valence-corrected chi connectivity index (χ3v) is 4.49. The van der Waals surface area contributed by atoms with Crippen LogP contribution in [0.1, 0.15) is 47.0 Å². The Kier molecular flexibility index (Phi) is 4.97.